The van der Waals surface area contributed by atoms with Gasteiger partial charge >= 0.3 is 0 Å². The summed E-state index contributed by atoms with van der Waals surface area (Å²) in [6.45, 7) is 47.3. The second kappa shape index (κ2) is 26.5. The van der Waals surface area contributed by atoms with Crippen LogP contribution in [-0.4, -0.2) is 0 Å². The van der Waals surface area contributed by atoms with E-state index in [1.54, 1.807) is 0 Å². The Labute approximate surface area is 727 Å². The minimum absolute atomic E-state index is 0.000701. The molecule has 0 atom stereocenters. The first-order valence-corrected chi connectivity index (χ1v) is 44.4. The fraction of sp³-hybridized carbons (Fsp3) is 0.276. The lowest BCUT2D eigenvalue weighted by atomic mass is 9.55. The highest BCUT2D eigenvalue weighted by molar-refractivity contribution is 6.23. The van der Waals surface area contributed by atoms with Crippen molar-refractivity contribution in [3.8, 4) is 45.0 Å². The van der Waals surface area contributed by atoms with Crippen molar-refractivity contribution in [1.29, 1.82) is 0 Å². The third-order valence-electron chi connectivity index (χ3n) is 32.6. The monoisotopic (exact) mass is 1620 g/mol. The Morgan fingerprint density at radius 3 is 1.04 bits per heavy atom. The van der Waals surface area contributed by atoms with Gasteiger partial charge in [0, 0.05) is 144 Å². The number of benzene rings is 12. The minimum Gasteiger partial charge on any atom is -0.456 e. The van der Waals surface area contributed by atoms with Crippen molar-refractivity contribution in [2.75, 3.05) is 0 Å². The fourth-order valence-corrected chi connectivity index (χ4v) is 23.1. The zero-order valence-corrected chi connectivity index (χ0v) is 76.5. The van der Waals surface area contributed by atoms with Gasteiger partial charge in [0.2, 0.25) is 22.8 Å². The Hall–Kier alpha value is -12.5. The molecular formula is C116H112N4O4+4. The largest absolute Gasteiger partial charge is 0.456 e. The SMILES string of the molecule is Cc1c2c(cc3c1oc1c4ccccc4ccc31)C(C)(C)C(C)(C)c1ccc[n+](C)c1-2.Cc1cc2oc3c4ccccc4ccc3c2c2c1-c1c(ccc[n+]1C)C(C)(C)C2(C)C.Cc1cc2oc3cc4ccccc4cc3c2c2c1-c1c(ccc[n+]1C)C(C)(C)C2(C)C.Cc1cc2oc3ccc4ccccc4c3c2c2c1-c1c(ccc[n+]1C)C(C)(C)C2(C)C. The summed E-state index contributed by atoms with van der Waals surface area (Å²) in [5.74, 6) is 0. The molecule has 0 aliphatic heterocycles. The number of nitrogens with zero attached hydrogens (tertiary/aromatic N) is 4. The van der Waals surface area contributed by atoms with E-state index in [0.29, 0.717) is 0 Å². The van der Waals surface area contributed by atoms with Crippen molar-refractivity contribution in [3.05, 3.63) is 310 Å². The predicted molar refractivity (Wildman–Crippen MR) is 515 cm³/mol. The second-order valence-electron chi connectivity index (χ2n) is 40.9. The lowest BCUT2D eigenvalue weighted by molar-refractivity contribution is -0.661. The molecule has 20 aromatic rings. The molecule has 0 saturated carbocycles. The van der Waals surface area contributed by atoms with Crippen LogP contribution >= 0.6 is 0 Å². The normalized spacial score (nSPS) is 16.6. The summed E-state index contributed by atoms with van der Waals surface area (Å²) >= 11 is 0. The minimum atomic E-state index is -0.0816. The van der Waals surface area contributed by atoms with Crippen LogP contribution in [0.1, 0.15) is 178 Å². The van der Waals surface area contributed by atoms with E-state index in [0.717, 1.165) is 44.7 Å². The number of hydrogen-bond donors (Lipinski definition) is 0. The molecule has 0 spiro atoms. The van der Waals surface area contributed by atoms with Gasteiger partial charge in [-0.15, -0.1) is 0 Å². The Balaban J connectivity index is 0.000000101. The van der Waals surface area contributed by atoms with E-state index in [2.05, 4.69) is 428 Å². The third kappa shape index (κ3) is 10.5. The van der Waals surface area contributed by atoms with E-state index in [1.807, 2.05) is 0 Å². The average molecular weight is 1630 g/mol. The van der Waals surface area contributed by atoms with Crippen LogP contribution in [-0.2, 0) is 71.5 Å². The van der Waals surface area contributed by atoms with E-state index >= 15 is 0 Å². The summed E-state index contributed by atoms with van der Waals surface area (Å²) in [7, 11) is 8.67. The van der Waals surface area contributed by atoms with Gasteiger partial charge in [0.15, 0.2) is 24.8 Å². The molecule has 124 heavy (non-hydrogen) atoms. The maximum absolute atomic E-state index is 6.63. The average Bonchev–Trinajstić information content (AvgIpc) is 1.39. The molecule has 4 aliphatic carbocycles. The summed E-state index contributed by atoms with van der Waals surface area (Å²) in [6.07, 6.45) is 8.67. The number of aryl methyl sites for hydroxylation is 8. The van der Waals surface area contributed by atoms with Gasteiger partial charge < -0.3 is 17.7 Å². The van der Waals surface area contributed by atoms with E-state index in [9.17, 15) is 0 Å². The fourth-order valence-electron chi connectivity index (χ4n) is 23.1. The number of furan rings is 4. The van der Waals surface area contributed by atoms with Gasteiger partial charge in [-0.25, -0.2) is 18.3 Å². The quantitative estimate of drug-likeness (QED) is 0.142. The highest BCUT2D eigenvalue weighted by Gasteiger charge is 2.55. The molecule has 8 heteroatoms. The van der Waals surface area contributed by atoms with Gasteiger partial charge in [-0.05, 0) is 183 Å². The topological polar surface area (TPSA) is 68.1 Å². The molecule has 8 aromatic heterocycles. The number of pyridine rings is 4. The molecule has 0 N–H and O–H groups in total. The van der Waals surface area contributed by atoms with Crippen molar-refractivity contribution in [1.82, 2.24) is 0 Å². The van der Waals surface area contributed by atoms with E-state index in [1.165, 1.54) is 198 Å². The van der Waals surface area contributed by atoms with E-state index < -0.39 is 0 Å². The van der Waals surface area contributed by atoms with Crippen molar-refractivity contribution in [3.63, 3.8) is 0 Å². The smallest absolute Gasteiger partial charge is 0.216 e. The number of aromatic nitrogens is 4. The molecule has 0 unspecified atom stereocenters. The molecule has 0 radical (unpaired) electrons. The Morgan fingerprint density at radius 2 is 0.565 bits per heavy atom. The molecule has 8 nitrogen and oxygen atoms in total. The third-order valence-corrected chi connectivity index (χ3v) is 32.6. The van der Waals surface area contributed by atoms with Crippen molar-refractivity contribution in [2.45, 2.75) is 182 Å². The standard InChI is InChI=1S/4C29H28NO/c1-17-24-23(29(4,5)28(2,3)22-12-9-15-30(6)25(22)24)16-21-20-14-13-18-10-7-8-11-19(18)27(20)31-26(17)21;1-17-16-22-24(20-14-13-18-10-7-8-11-19(18)27(20)31-22)25-23(17)26-21(12-9-15-30(26)6)28(2,3)29(25,4)5;1-17-16-22-25(24-19-11-8-7-10-18(19)13-14-21(24)31-22)26-23(17)27-20(12-9-15-30(27)6)28(2,3)29(26,4)5;1-17-14-23-25(20-15-18-10-7-8-11-19(18)16-22(20)31-23)26-24(17)27-21(12-9-13-30(27)6)28(2,3)29(26,4)5/h4*7-16H,1-6H3/q4*+1. The predicted octanol–water partition coefficient (Wildman–Crippen LogP) is 28.4. The molecule has 24 rings (SSSR count). The number of hydrogen-bond acceptors (Lipinski definition) is 4. The molecule has 0 saturated heterocycles. The molecule has 4 aliphatic rings. The first-order valence-electron chi connectivity index (χ1n) is 44.4. The molecular weight excluding hydrogens is 1510 g/mol. The van der Waals surface area contributed by atoms with Crippen LogP contribution in [0, 0.1) is 27.7 Å². The summed E-state index contributed by atoms with van der Waals surface area (Å²) in [6, 6.07) is 79.0. The lowest BCUT2D eigenvalue weighted by Gasteiger charge is -2.47. The van der Waals surface area contributed by atoms with Crippen LogP contribution in [0.3, 0.4) is 0 Å². The molecule has 0 bridgehead atoms. The summed E-state index contributed by atoms with van der Waals surface area (Å²) < 4.78 is 35.3. The van der Waals surface area contributed by atoms with Crippen LogP contribution < -0.4 is 18.3 Å². The van der Waals surface area contributed by atoms with Gasteiger partial charge in [0.1, 0.15) is 72.9 Å². The second-order valence-corrected chi connectivity index (χ2v) is 40.9. The van der Waals surface area contributed by atoms with Crippen LogP contribution in [0.2, 0.25) is 0 Å². The molecule has 0 amide bonds. The first kappa shape index (κ1) is 78.7. The zero-order valence-electron chi connectivity index (χ0n) is 76.5. The van der Waals surface area contributed by atoms with Crippen molar-refractivity contribution in [2.24, 2.45) is 28.2 Å². The highest BCUT2D eigenvalue weighted by Crippen LogP contribution is 2.62. The van der Waals surface area contributed by atoms with E-state index in [-0.39, 0.29) is 43.3 Å². The van der Waals surface area contributed by atoms with E-state index in [4.69, 9.17) is 17.7 Å². The van der Waals surface area contributed by atoms with Crippen LogP contribution in [0.25, 0.3) is 176 Å². The Morgan fingerprint density at radius 1 is 0.218 bits per heavy atom. The maximum Gasteiger partial charge on any atom is 0.216 e. The van der Waals surface area contributed by atoms with Crippen LogP contribution in [0.4, 0.5) is 0 Å². The summed E-state index contributed by atoms with van der Waals surface area (Å²) in [5.41, 5.74) is 34.7. The van der Waals surface area contributed by atoms with Gasteiger partial charge in [-0.3, -0.25) is 0 Å². The van der Waals surface area contributed by atoms with Gasteiger partial charge in [-0.2, -0.15) is 0 Å². The van der Waals surface area contributed by atoms with Gasteiger partial charge in [0.25, 0.3) is 0 Å². The maximum atomic E-state index is 6.63. The number of rotatable bonds is 0. The van der Waals surface area contributed by atoms with Crippen molar-refractivity contribution >= 4 is 131 Å². The number of fused-ring (bicyclic) bond motifs is 34. The molecule has 616 valence electrons. The van der Waals surface area contributed by atoms with Gasteiger partial charge in [0.05, 0.1) is 22.3 Å². The van der Waals surface area contributed by atoms with Crippen LogP contribution in [0.5, 0.6) is 0 Å². The zero-order chi connectivity index (χ0) is 86.8. The first-order chi connectivity index (χ1) is 58.9. The molecule has 0 fully saturated rings. The van der Waals surface area contributed by atoms with Gasteiger partial charge in [-0.1, -0.05) is 226 Å². The van der Waals surface area contributed by atoms with Crippen molar-refractivity contribution < 1.29 is 35.9 Å². The Kier molecular flexibility index (Phi) is 16.8. The van der Waals surface area contributed by atoms with Crippen LogP contribution in [0.15, 0.2) is 261 Å². The lowest BCUT2D eigenvalue weighted by Crippen LogP contribution is -2.48. The highest BCUT2D eigenvalue weighted by atomic mass is 16.3. The molecule has 8 heterocycles. The summed E-state index contributed by atoms with van der Waals surface area (Å²) in [4.78, 5) is 0. The molecule has 12 aromatic carbocycles. The Bertz CT molecular complexity index is 7970. The summed E-state index contributed by atoms with van der Waals surface area (Å²) in [5, 5.41) is 19.7.